The predicted octanol–water partition coefficient (Wildman–Crippen LogP) is 5.14. The highest BCUT2D eigenvalue weighted by Crippen LogP contribution is 2.26. The van der Waals surface area contributed by atoms with Crippen molar-refractivity contribution < 1.29 is 9.53 Å². The predicted molar refractivity (Wildman–Crippen MR) is 117 cm³/mol. The van der Waals surface area contributed by atoms with Crippen LogP contribution >= 0.6 is 15.9 Å². The zero-order chi connectivity index (χ0) is 20.4. The highest BCUT2D eigenvalue weighted by Gasteiger charge is 2.11. The first-order valence-electron chi connectivity index (χ1n) is 9.21. The second-order valence-corrected chi connectivity index (χ2v) is 7.42. The van der Waals surface area contributed by atoms with E-state index in [1.165, 1.54) is 5.56 Å². The van der Waals surface area contributed by atoms with E-state index in [2.05, 4.69) is 31.4 Å². The van der Waals surface area contributed by atoms with Crippen LogP contribution in [0.15, 0.2) is 65.1 Å². The van der Waals surface area contributed by atoms with Crippen LogP contribution in [0.1, 0.15) is 22.8 Å². The molecule has 1 N–H and O–H groups in total. The van der Waals surface area contributed by atoms with Crippen molar-refractivity contribution in [2.45, 2.75) is 13.8 Å². The number of anilines is 1. The van der Waals surface area contributed by atoms with Gasteiger partial charge in [-0.05, 0) is 78.3 Å². The Balaban J connectivity index is 1.56. The molecule has 146 valence electrons. The maximum atomic E-state index is 12.6. The zero-order valence-corrected chi connectivity index (χ0v) is 17.6. The summed E-state index contributed by atoms with van der Waals surface area (Å²) in [5.74, 6) is 0.497. The van der Waals surface area contributed by atoms with Crippen molar-refractivity contribution >= 4 is 38.6 Å². The number of benzene rings is 3. The van der Waals surface area contributed by atoms with Crippen LogP contribution in [0.3, 0.4) is 0 Å². The highest BCUT2D eigenvalue weighted by molar-refractivity contribution is 9.10. The van der Waals surface area contributed by atoms with Crippen LogP contribution in [0.2, 0.25) is 0 Å². The van der Waals surface area contributed by atoms with E-state index in [1.807, 2.05) is 56.3 Å². The van der Waals surface area contributed by atoms with E-state index in [9.17, 15) is 4.79 Å². The Morgan fingerprint density at radius 2 is 1.79 bits per heavy atom. The van der Waals surface area contributed by atoms with E-state index >= 15 is 0 Å². The summed E-state index contributed by atoms with van der Waals surface area (Å²) in [5.41, 5.74) is 4.71. The number of rotatable bonds is 5. The third-order valence-corrected chi connectivity index (χ3v) is 5.02. The monoisotopic (exact) mass is 450 g/mol. The topological polar surface area (TPSA) is 69.0 Å². The highest BCUT2D eigenvalue weighted by atomic mass is 79.9. The molecule has 0 saturated carbocycles. The number of halogens is 1. The van der Waals surface area contributed by atoms with Gasteiger partial charge >= 0.3 is 0 Å². The molecule has 3 aromatic carbocycles. The number of amides is 1. The van der Waals surface area contributed by atoms with Crippen molar-refractivity contribution in [2.75, 3.05) is 11.9 Å². The molecule has 1 aromatic heterocycles. The average molecular weight is 451 g/mol. The lowest BCUT2D eigenvalue weighted by atomic mass is 10.2. The van der Waals surface area contributed by atoms with Gasteiger partial charge in [-0.3, -0.25) is 4.79 Å². The number of carbonyl (C=O) groups is 1. The standard InChI is InChI=1S/C22H19BrN4O2/c1-3-29-21-11-6-15(12-18(21)23)22(28)24-16-7-10-19-20(13-16)26-27(25-19)17-8-4-14(2)5-9-17/h4-13H,3H2,1-2H3,(H,24,28). The Bertz CT molecular complexity index is 1190. The van der Waals surface area contributed by atoms with Crippen LogP contribution in [0.5, 0.6) is 5.75 Å². The first-order valence-corrected chi connectivity index (χ1v) is 10.0. The summed E-state index contributed by atoms with van der Waals surface area (Å²) in [6, 6.07) is 18.7. The summed E-state index contributed by atoms with van der Waals surface area (Å²) in [7, 11) is 0. The Hall–Kier alpha value is -3.19. The van der Waals surface area contributed by atoms with Crippen molar-refractivity contribution in [3.8, 4) is 11.4 Å². The number of carbonyl (C=O) groups excluding carboxylic acids is 1. The van der Waals surface area contributed by atoms with E-state index in [-0.39, 0.29) is 5.91 Å². The molecule has 0 spiro atoms. The Morgan fingerprint density at radius 3 is 2.52 bits per heavy atom. The fourth-order valence-corrected chi connectivity index (χ4v) is 3.40. The van der Waals surface area contributed by atoms with Crippen molar-refractivity contribution in [1.82, 2.24) is 15.0 Å². The number of aryl methyl sites for hydroxylation is 1. The van der Waals surface area contributed by atoms with Gasteiger partial charge in [-0.1, -0.05) is 17.7 Å². The number of hydrogen-bond acceptors (Lipinski definition) is 4. The third kappa shape index (κ3) is 4.14. The minimum absolute atomic E-state index is 0.209. The summed E-state index contributed by atoms with van der Waals surface area (Å²) in [5, 5.41) is 11.9. The van der Waals surface area contributed by atoms with Gasteiger partial charge in [0.25, 0.3) is 5.91 Å². The molecule has 29 heavy (non-hydrogen) atoms. The fraction of sp³-hybridized carbons (Fsp3) is 0.136. The molecular formula is C22H19BrN4O2. The van der Waals surface area contributed by atoms with Gasteiger partial charge in [0.15, 0.2) is 0 Å². The van der Waals surface area contributed by atoms with Crippen molar-refractivity contribution in [1.29, 1.82) is 0 Å². The van der Waals surface area contributed by atoms with Crippen molar-refractivity contribution in [2.24, 2.45) is 0 Å². The molecule has 0 atom stereocenters. The maximum Gasteiger partial charge on any atom is 0.255 e. The Labute approximate surface area is 176 Å². The van der Waals surface area contributed by atoms with Gasteiger partial charge in [0.1, 0.15) is 16.8 Å². The van der Waals surface area contributed by atoms with Crippen molar-refractivity contribution in [3.05, 3.63) is 76.3 Å². The van der Waals surface area contributed by atoms with E-state index in [1.54, 1.807) is 23.0 Å². The lowest BCUT2D eigenvalue weighted by Gasteiger charge is -2.09. The molecule has 4 aromatic rings. The van der Waals surface area contributed by atoms with Crippen LogP contribution in [0.25, 0.3) is 16.7 Å². The van der Waals surface area contributed by atoms with E-state index in [0.29, 0.717) is 29.1 Å². The summed E-state index contributed by atoms with van der Waals surface area (Å²) in [6.45, 7) is 4.51. The number of hydrogen-bond donors (Lipinski definition) is 1. The molecule has 0 fully saturated rings. The minimum atomic E-state index is -0.209. The van der Waals surface area contributed by atoms with Crippen LogP contribution in [-0.2, 0) is 0 Å². The summed E-state index contributed by atoms with van der Waals surface area (Å²) in [4.78, 5) is 14.2. The second kappa shape index (κ2) is 8.05. The lowest BCUT2D eigenvalue weighted by Crippen LogP contribution is -2.12. The molecule has 0 aliphatic carbocycles. The molecule has 1 heterocycles. The lowest BCUT2D eigenvalue weighted by molar-refractivity contribution is 0.102. The van der Waals surface area contributed by atoms with Gasteiger partial charge in [0.05, 0.1) is 16.8 Å². The quantitative estimate of drug-likeness (QED) is 0.456. The Morgan fingerprint density at radius 1 is 1.03 bits per heavy atom. The maximum absolute atomic E-state index is 12.6. The van der Waals surface area contributed by atoms with E-state index in [4.69, 9.17) is 4.74 Å². The molecule has 6 nitrogen and oxygen atoms in total. The van der Waals surface area contributed by atoms with Crippen LogP contribution in [-0.4, -0.2) is 27.5 Å². The molecule has 1 amide bonds. The summed E-state index contributed by atoms with van der Waals surface area (Å²) >= 11 is 3.44. The molecule has 7 heteroatoms. The van der Waals surface area contributed by atoms with Gasteiger partial charge in [-0.25, -0.2) is 0 Å². The average Bonchev–Trinajstić information content (AvgIpc) is 3.13. The molecular weight excluding hydrogens is 432 g/mol. The van der Waals surface area contributed by atoms with Gasteiger partial charge in [-0.2, -0.15) is 4.80 Å². The zero-order valence-electron chi connectivity index (χ0n) is 16.0. The molecule has 0 unspecified atom stereocenters. The van der Waals surface area contributed by atoms with Crippen LogP contribution in [0, 0.1) is 6.92 Å². The van der Waals surface area contributed by atoms with Crippen molar-refractivity contribution in [3.63, 3.8) is 0 Å². The largest absolute Gasteiger partial charge is 0.493 e. The number of ether oxygens (including phenoxy) is 1. The van der Waals surface area contributed by atoms with Gasteiger partial charge in [-0.15, -0.1) is 10.2 Å². The van der Waals surface area contributed by atoms with Gasteiger partial charge in [0, 0.05) is 11.3 Å². The second-order valence-electron chi connectivity index (χ2n) is 6.56. The Kier molecular flexibility index (Phi) is 5.31. The normalized spacial score (nSPS) is 10.9. The molecule has 0 saturated heterocycles. The van der Waals surface area contributed by atoms with Gasteiger partial charge in [0.2, 0.25) is 0 Å². The first kappa shape index (κ1) is 19.1. The van der Waals surface area contributed by atoms with Crippen LogP contribution < -0.4 is 10.1 Å². The van der Waals surface area contributed by atoms with Gasteiger partial charge < -0.3 is 10.1 Å². The molecule has 0 aliphatic heterocycles. The molecule has 0 radical (unpaired) electrons. The summed E-state index contributed by atoms with van der Waals surface area (Å²) < 4.78 is 6.23. The van der Waals surface area contributed by atoms with Crippen LogP contribution in [0.4, 0.5) is 5.69 Å². The third-order valence-electron chi connectivity index (χ3n) is 4.40. The SMILES string of the molecule is CCOc1ccc(C(=O)Nc2ccc3nn(-c4ccc(C)cc4)nc3c2)cc1Br. The number of fused-ring (bicyclic) bond motifs is 1. The molecule has 0 aliphatic rings. The van der Waals surface area contributed by atoms with E-state index in [0.717, 1.165) is 15.7 Å². The summed E-state index contributed by atoms with van der Waals surface area (Å²) in [6.07, 6.45) is 0. The smallest absolute Gasteiger partial charge is 0.255 e. The number of nitrogens with zero attached hydrogens (tertiary/aromatic N) is 3. The molecule has 4 rings (SSSR count). The number of nitrogens with one attached hydrogen (secondary N) is 1. The number of aromatic nitrogens is 3. The fourth-order valence-electron chi connectivity index (χ4n) is 2.90. The van der Waals surface area contributed by atoms with E-state index < -0.39 is 0 Å². The molecule has 0 bridgehead atoms. The first-order chi connectivity index (χ1) is 14.0. The minimum Gasteiger partial charge on any atom is -0.493 e.